The third kappa shape index (κ3) is 1.03. The Kier molecular flexibility index (Phi) is 1.65. The summed E-state index contributed by atoms with van der Waals surface area (Å²) in [7, 11) is 0. The van der Waals surface area contributed by atoms with Gasteiger partial charge in [0.05, 0.1) is 0 Å². The summed E-state index contributed by atoms with van der Waals surface area (Å²) in [6, 6.07) is 2.99. The first-order chi connectivity index (χ1) is 5.68. The van der Waals surface area contributed by atoms with Crippen molar-refractivity contribution in [2.24, 2.45) is 0 Å². The fourth-order valence-corrected chi connectivity index (χ4v) is 1.68. The molecule has 0 aromatic heterocycles. The summed E-state index contributed by atoms with van der Waals surface area (Å²) >= 11 is 3.12. The van der Waals surface area contributed by atoms with Crippen LogP contribution >= 0.6 is 15.9 Å². The van der Waals surface area contributed by atoms with E-state index in [-0.39, 0.29) is 11.7 Å². The van der Waals surface area contributed by atoms with Crippen LogP contribution in [0.25, 0.3) is 0 Å². The number of carbonyl (C=O) groups excluding carboxylic acids is 1. The summed E-state index contributed by atoms with van der Waals surface area (Å²) in [6.45, 7) is 0.299. The topological polar surface area (TPSA) is 29.1 Å². The van der Waals surface area contributed by atoms with Crippen LogP contribution in [-0.2, 0) is 6.54 Å². The molecule has 12 heavy (non-hydrogen) atoms. The largest absolute Gasteiger partial charge is 0.348 e. The fraction of sp³-hybridized carbons (Fsp3) is 0.125. The number of hydrogen-bond donors (Lipinski definition) is 1. The van der Waals surface area contributed by atoms with Crippen LogP contribution in [-0.4, -0.2) is 5.91 Å². The maximum atomic E-state index is 13.1. The zero-order valence-corrected chi connectivity index (χ0v) is 7.61. The van der Waals surface area contributed by atoms with Crippen molar-refractivity contribution in [1.29, 1.82) is 0 Å². The van der Waals surface area contributed by atoms with Crippen LogP contribution < -0.4 is 5.32 Å². The monoisotopic (exact) mass is 229 g/mol. The van der Waals surface area contributed by atoms with Gasteiger partial charge in [0.1, 0.15) is 5.82 Å². The quantitative estimate of drug-likeness (QED) is 0.723. The van der Waals surface area contributed by atoms with E-state index in [1.807, 2.05) is 0 Å². The lowest BCUT2D eigenvalue weighted by Gasteiger charge is -1.97. The molecular weight excluding hydrogens is 225 g/mol. The molecule has 2 rings (SSSR count). The highest BCUT2D eigenvalue weighted by molar-refractivity contribution is 9.10. The summed E-state index contributed by atoms with van der Waals surface area (Å²) in [4.78, 5) is 11.1. The molecule has 0 spiro atoms. The summed E-state index contributed by atoms with van der Waals surface area (Å²) in [5.74, 6) is -0.539. The second kappa shape index (κ2) is 2.55. The van der Waals surface area contributed by atoms with Gasteiger partial charge in [-0.05, 0) is 12.1 Å². The third-order valence-electron chi connectivity index (χ3n) is 1.83. The van der Waals surface area contributed by atoms with E-state index < -0.39 is 0 Å². The second-order valence-electron chi connectivity index (χ2n) is 2.60. The average molecular weight is 230 g/mol. The molecule has 0 unspecified atom stereocenters. The molecule has 0 aliphatic carbocycles. The van der Waals surface area contributed by atoms with Gasteiger partial charge in [0.2, 0.25) is 0 Å². The number of fused-ring (bicyclic) bond motifs is 1. The Morgan fingerprint density at radius 2 is 2.25 bits per heavy atom. The van der Waals surface area contributed by atoms with E-state index in [9.17, 15) is 9.18 Å². The van der Waals surface area contributed by atoms with Crippen molar-refractivity contribution >= 4 is 21.8 Å². The highest BCUT2D eigenvalue weighted by Crippen LogP contribution is 2.23. The smallest absolute Gasteiger partial charge is 0.252 e. The van der Waals surface area contributed by atoms with E-state index in [4.69, 9.17) is 0 Å². The Bertz CT molecular complexity index is 364. The molecule has 62 valence electrons. The van der Waals surface area contributed by atoms with Crippen LogP contribution in [0.4, 0.5) is 4.39 Å². The molecule has 1 amide bonds. The van der Waals surface area contributed by atoms with E-state index >= 15 is 0 Å². The van der Waals surface area contributed by atoms with Crippen LogP contribution in [0.2, 0.25) is 0 Å². The van der Waals surface area contributed by atoms with Crippen molar-refractivity contribution in [2.45, 2.75) is 6.54 Å². The molecule has 0 radical (unpaired) electrons. The summed E-state index contributed by atoms with van der Waals surface area (Å²) in [5.41, 5.74) is 0.894. The van der Waals surface area contributed by atoms with Crippen molar-refractivity contribution in [3.8, 4) is 0 Å². The number of halogens is 2. The van der Waals surface area contributed by atoms with Gasteiger partial charge < -0.3 is 5.32 Å². The first-order valence-corrected chi connectivity index (χ1v) is 4.24. The Labute approximate surface area is 76.9 Å². The molecule has 1 N–H and O–H groups in total. The maximum absolute atomic E-state index is 13.1. The number of amides is 1. The number of benzene rings is 1. The van der Waals surface area contributed by atoms with E-state index in [1.165, 1.54) is 6.07 Å². The SMILES string of the molecule is O=C1NCc2c(F)cc(Br)cc21. The zero-order chi connectivity index (χ0) is 8.72. The predicted molar refractivity (Wildman–Crippen MR) is 45.3 cm³/mol. The molecule has 0 saturated carbocycles. The summed E-state index contributed by atoms with van der Waals surface area (Å²) in [6.07, 6.45) is 0. The maximum Gasteiger partial charge on any atom is 0.252 e. The number of hydrogen-bond acceptors (Lipinski definition) is 1. The molecule has 1 aliphatic rings. The first kappa shape index (κ1) is 7.73. The molecule has 1 aliphatic heterocycles. The molecule has 0 saturated heterocycles. The Hall–Kier alpha value is -0.900. The molecule has 1 heterocycles. The normalized spacial score (nSPS) is 14.3. The average Bonchev–Trinajstić information content (AvgIpc) is 2.33. The van der Waals surface area contributed by atoms with Gasteiger partial charge in [0.25, 0.3) is 5.91 Å². The van der Waals surface area contributed by atoms with Crippen molar-refractivity contribution in [2.75, 3.05) is 0 Å². The lowest BCUT2D eigenvalue weighted by atomic mass is 10.1. The lowest BCUT2D eigenvalue weighted by molar-refractivity contribution is 0.0965. The number of rotatable bonds is 0. The number of carbonyl (C=O) groups is 1. The summed E-state index contributed by atoms with van der Waals surface area (Å²) in [5, 5.41) is 2.55. The van der Waals surface area contributed by atoms with E-state index in [0.29, 0.717) is 22.1 Å². The Balaban J connectivity index is 2.68. The zero-order valence-electron chi connectivity index (χ0n) is 6.03. The van der Waals surface area contributed by atoms with Gasteiger partial charge >= 0.3 is 0 Å². The predicted octanol–water partition coefficient (Wildman–Crippen LogP) is 1.83. The first-order valence-electron chi connectivity index (χ1n) is 3.44. The lowest BCUT2D eigenvalue weighted by Crippen LogP contribution is -2.12. The molecule has 0 bridgehead atoms. The molecule has 1 aromatic carbocycles. The summed E-state index contributed by atoms with van der Waals surface area (Å²) < 4.78 is 13.7. The molecule has 0 fully saturated rings. The van der Waals surface area contributed by atoms with Gasteiger partial charge in [-0.3, -0.25) is 4.79 Å². The third-order valence-corrected chi connectivity index (χ3v) is 2.29. The van der Waals surface area contributed by atoms with Gasteiger partial charge in [-0.1, -0.05) is 15.9 Å². The van der Waals surface area contributed by atoms with E-state index in [2.05, 4.69) is 21.2 Å². The van der Waals surface area contributed by atoms with Gasteiger partial charge in [0, 0.05) is 22.1 Å². The van der Waals surface area contributed by atoms with Gasteiger partial charge in [-0.25, -0.2) is 4.39 Å². The minimum atomic E-state index is -0.335. The highest BCUT2D eigenvalue weighted by atomic mass is 79.9. The van der Waals surface area contributed by atoms with Gasteiger partial charge in [-0.2, -0.15) is 0 Å². The minimum Gasteiger partial charge on any atom is -0.348 e. The Morgan fingerprint density at radius 1 is 1.50 bits per heavy atom. The van der Waals surface area contributed by atoms with Crippen molar-refractivity contribution < 1.29 is 9.18 Å². The minimum absolute atomic E-state index is 0.204. The number of nitrogens with one attached hydrogen (secondary N) is 1. The van der Waals surface area contributed by atoms with Crippen molar-refractivity contribution in [3.63, 3.8) is 0 Å². The molecule has 0 atom stereocenters. The molecular formula is C8H5BrFNO. The highest BCUT2D eigenvalue weighted by Gasteiger charge is 2.22. The van der Waals surface area contributed by atoms with Crippen LogP contribution in [0, 0.1) is 5.82 Å². The van der Waals surface area contributed by atoms with Gasteiger partial charge in [0.15, 0.2) is 0 Å². The van der Waals surface area contributed by atoms with Crippen LogP contribution in [0.1, 0.15) is 15.9 Å². The van der Waals surface area contributed by atoms with Crippen molar-refractivity contribution in [1.82, 2.24) is 5.32 Å². The molecule has 1 aromatic rings. The van der Waals surface area contributed by atoms with Crippen LogP contribution in [0.3, 0.4) is 0 Å². The van der Waals surface area contributed by atoms with E-state index in [1.54, 1.807) is 6.07 Å². The molecule has 2 nitrogen and oxygen atoms in total. The van der Waals surface area contributed by atoms with E-state index in [0.717, 1.165) is 0 Å². The van der Waals surface area contributed by atoms with Crippen LogP contribution in [0.5, 0.6) is 0 Å². The van der Waals surface area contributed by atoms with Gasteiger partial charge in [-0.15, -0.1) is 0 Å². The van der Waals surface area contributed by atoms with Crippen molar-refractivity contribution in [3.05, 3.63) is 33.5 Å². The second-order valence-corrected chi connectivity index (χ2v) is 3.51. The Morgan fingerprint density at radius 3 is 3.00 bits per heavy atom. The fourth-order valence-electron chi connectivity index (χ4n) is 1.25. The standard InChI is InChI=1S/C8H5BrFNO/c9-4-1-5-6(7(10)2-4)3-11-8(5)12/h1-2H,3H2,(H,11,12). The molecule has 4 heteroatoms. The van der Waals surface area contributed by atoms with Crippen LogP contribution in [0.15, 0.2) is 16.6 Å².